The van der Waals surface area contributed by atoms with Crippen LogP contribution < -0.4 is 10.8 Å². The number of halogens is 1. The molecule has 17 heavy (non-hydrogen) atoms. The molecule has 2 heterocycles. The molecule has 1 aliphatic heterocycles. The quantitative estimate of drug-likeness (QED) is 0.781. The number of hydrogen-bond donors (Lipinski definition) is 2. The van der Waals surface area contributed by atoms with Crippen LogP contribution in [0.4, 0.5) is 10.3 Å². The molecule has 0 saturated heterocycles. The Kier molecular flexibility index (Phi) is 2.18. The van der Waals surface area contributed by atoms with E-state index in [1.165, 1.54) is 6.07 Å². The zero-order chi connectivity index (χ0) is 11.8. The Labute approximate surface area is 97.3 Å². The summed E-state index contributed by atoms with van der Waals surface area (Å²) in [6, 6.07) is 8.06. The van der Waals surface area contributed by atoms with Crippen LogP contribution in [0.2, 0.25) is 0 Å². The van der Waals surface area contributed by atoms with Crippen molar-refractivity contribution in [3.8, 4) is 11.3 Å². The Balaban J connectivity index is 2.20. The first-order chi connectivity index (χ1) is 8.25. The third-order valence-corrected chi connectivity index (χ3v) is 2.81. The zero-order valence-corrected chi connectivity index (χ0v) is 9.07. The van der Waals surface area contributed by atoms with Gasteiger partial charge in [-0.2, -0.15) is 0 Å². The van der Waals surface area contributed by atoms with Gasteiger partial charge >= 0.3 is 0 Å². The maximum atomic E-state index is 13.6. The Bertz CT molecular complexity index is 633. The molecule has 5 heteroatoms. The van der Waals surface area contributed by atoms with Crippen molar-refractivity contribution in [1.29, 1.82) is 5.41 Å². The summed E-state index contributed by atoms with van der Waals surface area (Å²) in [7, 11) is 0. The van der Waals surface area contributed by atoms with Gasteiger partial charge < -0.3 is 5.32 Å². The summed E-state index contributed by atoms with van der Waals surface area (Å²) in [6.45, 7) is 1.50. The normalized spacial score (nSPS) is 13.2. The van der Waals surface area contributed by atoms with Gasteiger partial charge in [0.05, 0.1) is 5.69 Å². The third kappa shape index (κ3) is 1.60. The summed E-state index contributed by atoms with van der Waals surface area (Å²) in [5.74, 6) is 0.318. The lowest BCUT2D eigenvalue weighted by Crippen LogP contribution is -2.18. The predicted octanol–water partition coefficient (Wildman–Crippen LogP) is 1.59. The number of aromatic nitrogens is 2. The van der Waals surface area contributed by atoms with E-state index in [9.17, 15) is 4.39 Å². The van der Waals surface area contributed by atoms with Crippen molar-refractivity contribution in [3.63, 3.8) is 0 Å². The minimum Gasteiger partial charge on any atom is -0.354 e. The number of benzene rings is 1. The standard InChI is InChI=1S/C12H11FN4/c13-9-4-2-1-3-8(9)10-7-11(14)17-6-5-15-12(17)16-10/h1-4,7,14H,5-6H2,(H,15,16). The molecule has 0 amide bonds. The maximum Gasteiger partial charge on any atom is 0.205 e. The van der Waals surface area contributed by atoms with Crippen LogP contribution in [0.1, 0.15) is 0 Å². The van der Waals surface area contributed by atoms with Gasteiger partial charge in [0.1, 0.15) is 11.3 Å². The van der Waals surface area contributed by atoms with E-state index >= 15 is 0 Å². The summed E-state index contributed by atoms with van der Waals surface area (Å²) < 4.78 is 15.4. The van der Waals surface area contributed by atoms with Crippen molar-refractivity contribution in [3.05, 3.63) is 41.6 Å². The van der Waals surface area contributed by atoms with Gasteiger partial charge in [-0.1, -0.05) is 12.1 Å². The molecule has 0 radical (unpaired) electrons. The lowest BCUT2D eigenvalue weighted by Gasteiger charge is -2.07. The van der Waals surface area contributed by atoms with E-state index in [1.807, 2.05) is 0 Å². The first-order valence-corrected chi connectivity index (χ1v) is 5.41. The number of rotatable bonds is 1. The second kappa shape index (κ2) is 3.69. The molecule has 1 aromatic heterocycles. The van der Waals surface area contributed by atoms with Crippen molar-refractivity contribution in [2.24, 2.45) is 0 Å². The molecular weight excluding hydrogens is 219 g/mol. The van der Waals surface area contributed by atoms with Gasteiger partial charge in [0.25, 0.3) is 0 Å². The van der Waals surface area contributed by atoms with E-state index in [0.717, 1.165) is 13.1 Å². The van der Waals surface area contributed by atoms with Gasteiger partial charge in [-0.25, -0.2) is 9.37 Å². The summed E-state index contributed by atoms with van der Waals surface area (Å²) in [5, 5.41) is 11.0. The monoisotopic (exact) mass is 230 g/mol. The molecule has 2 N–H and O–H groups in total. The highest BCUT2D eigenvalue weighted by Gasteiger charge is 2.14. The SMILES string of the molecule is N=c1cc(-c2ccccc2F)nc2n1CCN2. The number of fused-ring (bicyclic) bond motifs is 1. The van der Waals surface area contributed by atoms with Crippen LogP contribution >= 0.6 is 0 Å². The highest BCUT2D eigenvalue weighted by Crippen LogP contribution is 2.21. The average molecular weight is 230 g/mol. The second-order valence-corrected chi connectivity index (χ2v) is 3.91. The van der Waals surface area contributed by atoms with Crippen LogP contribution in [0.3, 0.4) is 0 Å². The highest BCUT2D eigenvalue weighted by molar-refractivity contribution is 5.60. The average Bonchev–Trinajstić information content (AvgIpc) is 2.78. The van der Waals surface area contributed by atoms with E-state index in [4.69, 9.17) is 5.41 Å². The summed E-state index contributed by atoms with van der Waals surface area (Å²) in [4.78, 5) is 4.34. The highest BCUT2D eigenvalue weighted by atomic mass is 19.1. The fraction of sp³-hybridized carbons (Fsp3) is 0.167. The van der Waals surface area contributed by atoms with Crippen LogP contribution in [0.25, 0.3) is 11.3 Å². The Morgan fingerprint density at radius 3 is 3.00 bits per heavy atom. The Hall–Kier alpha value is -2.17. The summed E-state index contributed by atoms with van der Waals surface area (Å²) in [5.41, 5.74) is 1.27. The third-order valence-electron chi connectivity index (χ3n) is 2.81. The van der Waals surface area contributed by atoms with Crippen LogP contribution in [-0.4, -0.2) is 16.1 Å². The smallest absolute Gasteiger partial charge is 0.205 e. The maximum absolute atomic E-state index is 13.6. The van der Waals surface area contributed by atoms with Crippen molar-refractivity contribution in [2.75, 3.05) is 11.9 Å². The summed E-state index contributed by atoms with van der Waals surface area (Å²) >= 11 is 0. The molecule has 0 fully saturated rings. The molecule has 0 saturated carbocycles. The lowest BCUT2D eigenvalue weighted by atomic mass is 10.1. The van der Waals surface area contributed by atoms with E-state index in [0.29, 0.717) is 22.7 Å². The predicted molar refractivity (Wildman–Crippen MR) is 62.0 cm³/mol. The number of anilines is 1. The number of nitrogens with one attached hydrogen (secondary N) is 2. The van der Waals surface area contributed by atoms with Crippen molar-refractivity contribution in [1.82, 2.24) is 9.55 Å². The van der Waals surface area contributed by atoms with Gasteiger partial charge in [-0.15, -0.1) is 0 Å². The lowest BCUT2D eigenvalue weighted by molar-refractivity contribution is 0.630. The van der Waals surface area contributed by atoms with Crippen molar-refractivity contribution >= 4 is 5.95 Å². The van der Waals surface area contributed by atoms with Crippen LogP contribution in [0.5, 0.6) is 0 Å². The zero-order valence-electron chi connectivity index (χ0n) is 9.07. The first-order valence-electron chi connectivity index (χ1n) is 5.41. The minimum atomic E-state index is -0.317. The topological polar surface area (TPSA) is 53.7 Å². The fourth-order valence-electron chi connectivity index (χ4n) is 1.98. The molecule has 86 valence electrons. The van der Waals surface area contributed by atoms with Gasteiger partial charge in [0.15, 0.2) is 0 Å². The molecule has 1 aliphatic rings. The van der Waals surface area contributed by atoms with Crippen LogP contribution in [-0.2, 0) is 6.54 Å². The van der Waals surface area contributed by atoms with E-state index in [2.05, 4.69) is 10.3 Å². The Morgan fingerprint density at radius 1 is 1.35 bits per heavy atom. The van der Waals surface area contributed by atoms with Crippen molar-refractivity contribution in [2.45, 2.75) is 6.54 Å². The molecule has 0 unspecified atom stereocenters. The largest absolute Gasteiger partial charge is 0.354 e. The fourth-order valence-corrected chi connectivity index (χ4v) is 1.98. The molecule has 0 atom stereocenters. The van der Waals surface area contributed by atoms with E-state index in [1.54, 1.807) is 28.8 Å². The summed E-state index contributed by atoms with van der Waals surface area (Å²) in [6.07, 6.45) is 0. The number of hydrogen-bond acceptors (Lipinski definition) is 3. The molecule has 0 bridgehead atoms. The van der Waals surface area contributed by atoms with Gasteiger partial charge in [0.2, 0.25) is 5.95 Å². The minimum absolute atomic E-state index is 0.317. The van der Waals surface area contributed by atoms with E-state index in [-0.39, 0.29) is 5.82 Å². The van der Waals surface area contributed by atoms with E-state index < -0.39 is 0 Å². The van der Waals surface area contributed by atoms with Gasteiger partial charge in [-0.3, -0.25) is 9.98 Å². The molecule has 3 rings (SSSR count). The van der Waals surface area contributed by atoms with Gasteiger partial charge in [0, 0.05) is 24.7 Å². The molecule has 0 aliphatic carbocycles. The molecule has 2 aromatic rings. The Morgan fingerprint density at radius 2 is 2.18 bits per heavy atom. The van der Waals surface area contributed by atoms with Crippen LogP contribution in [0.15, 0.2) is 30.3 Å². The second-order valence-electron chi connectivity index (χ2n) is 3.91. The molecular formula is C12H11FN4. The first kappa shape index (κ1) is 10.0. The number of nitrogens with zero attached hydrogens (tertiary/aromatic N) is 2. The molecule has 0 spiro atoms. The van der Waals surface area contributed by atoms with Gasteiger partial charge in [-0.05, 0) is 12.1 Å². The molecule has 1 aromatic carbocycles. The van der Waals surface area contributed by atoms with Crippen molar-refractivity contribution < 1.29 is 4.39 Å². The van der Waals surface area contributed by atoms with Crippen LogP contribution in [0, 0.1) is 11.2 Å². The molecule has 4 nitrogen and oxygen atoms in total.